The van der Waals surface area contributed by atoms with E-state index in [0.717, 1.165) is 36.2 Å². The summed E-state index contributed by atoms with van der Waals surface area (Å²) in [6, 6.07) is 13.9. The largest absolute Gasteiger partial charge is 0.393 e. The summed E-state index contributed by atoms with van der Waals surface area (Å²) in [6.45, 7) is 0. The molecule has 0 aliphatic heterocycles. The maximum absolute atomic E-state index is 12.9. The molecule has 0 bridgehead atoms. The van der Waals surface area contributed by atoms with Crippen LogP contribution in [0.25, 0.3) is 16.3 Å². The summed E-state index contributed by atoms with van der Waals surface area (Å²) in [5, 5.41) is 19.4. The van der Waals surface area contributed by atoms with Crippen molar-refractivity contribution >= 4 is 17.2 Å². The molecular weight excluding hydrogens is 346 g/mol. The first-order chi connectivity index (χ1) is 12.7. The number of carbonyl (C=O) groups excluding carboxylic acids is 1. The van der Waals surface area contributed by atoms with Crippen molar-refractivity contribution in [2.45, 2.75) is 37.8 Å². The second-order valence-corrected chi connectivity index (χ2v) is 7.58. The van der Waals surface area contributed by atoms with Gasteiger partial charge in [0.1, 0.15) is 5.69 Å². The van der Waals surface area contributed by atoms with Gasteiger partial charge in [-0.05, 0) is 49.3 Å². The average Bonchev–Trinajstić information content (AvgIpc) is 3.34. The van der Waals surface area contributed by atoms with Gasteiger partial charge < -0.3 is 10.4 Å². The van der Waals surface area contributed by atoms with Gasteiger partial charge in [-0.1, -0.05) is 24.3 Å². The molecule has 1 amide bonds. The molecule has 134 valence electrons. The number of aromatic nitrogens is 2. The lowest BCUT2D eigenvalue weighted by molar-refractivity contribution is 0.0868. The molecule has 0 atom stereocenters. The highest BCUT2D eigenvalue weighted by Gasteiger charge is 2.24. The van der Waals surface area contributed by atoms with Crippen molar-refractivity contribution in [1.29, 1.82) is 0 Å². The number of para-hydroxylation sites is 1. The van der Waals surface area contributed by atoms with E-state index in [-0.39, 0.29) is 18.1 Å². The normalized spacial score (nSPS) is 20.0. The molecule has 0 saturated heterocycles. The second kappa shape index (κ2) is 7.43. The topological polar surface area (TPSA) is 67.2 Å². The lowest BCUT2D eigenvalue weighted by atomic mass is 9.93. The minimum atomic E-state index is -0.231. The summed E-state index contributed by atoms with van der Waals surface area (Å²) in [7, 11) is 0. The van der Waals surface area contributed by atoms with E-state index >= 15 is 0 Å². The van der Waals surface area contributed by atoms with Crippen molar-refractivity contribution in [3.05, 3.63) is 59.6 Å². The van der Waals surface area contributed by atoms with Crippen LogP contribution in [0.1, 0.15) is 36.0 Å². The zero-order chi connectivity index (χ0) is 17.9. The van der Waals surface area contributed by atoms with Gasteiger partial charge in [-0.25, -0.2) is 4.68 Å². The van der Waals surface area contributed by atoms with Gasteiger partial charge in [0.25, 0.3) is 5.91 Å². The van der Waals surface area contributed by atoms with Crippen molar-refractivity contribution in [2.24, 2.45) is 0 Å². The highest BCUT2D eigenvalue weighted by molar-refractivity contribution is 7.13. The van der Waals surface area contributed by atoms with Crippen molar-refractivity contribution in [3.8, 4) is 16.3 Å². The van der Waals surface area contributed by atoms with Gasteiger partial charge in [-0.15, -0.1) is 11.3 Å². The lowest BCUT2D eigenvalue weighted by Crippen LogP contribution is -2.38. The number of benzene rings is 1. The molecule has 3 aromatic rings. The summed E-state index contributed by atoms with van der Waals surface area (Å²) >= 11 is 1.57. The van der Waals surface area contributed by atoms with E-state index in [2.05, 4.69) is 10.4 Å². The Balaban J connectivity index is 1.63. The van der Waals surface area contributed by atoms with E-state index < -0.39 is 0 Å². The van der Waals surface area contributed by atoms with Crippen LogP contribution >= 0.6 is 11.3 Å². The Kier molecular flexibility index (Phi) is 4.86. The van der Waals surface area contributed by atoms with Gasteiger partial charge in [-0.2, -0.15) is 5.10 Å². The molecule has 1 aliphatic carbocycles. The number of thiophene rings is 1. The summed E-state index contributed by atoms with van der Waals surface area (Å²) in [4.78, 5) is 13.9. The summed E-state index contributed by atoms with van der Waals surface area (Å²) in [5.74, 6) is -0.100. The fraction of sp³-hybridized carbons (Fsp3) is 0.300. The smallest absolute Gasteiger partial charge is 0.255 e. The first-order valence-corrected chi connectivity index (χ1v) is 9.76. The van der Waals surface area contributed by atoms with Crippen LogP contribution in [-0.4, -0.2) is 32.9 Å². The maximum Gasteiger partial charge on any atom is 0.255 e. The monoisotopic (exact) mass is 367 g/mol. The minimum absolute atomic E-state index is 0.100. The minimum Gasteiger partial charge on any atom is -0.393 e. The zero-order valence-corrected chi connectivity index (χ0v) is 15.2. The van der Waals surface area contributed by atoms with E-state index in [9.17, 15) is 9.90 Å². The molecule has 26 heavy (non-hydrogen) atoms. The fourth-order valence-corrected chi connectivity index (χ4v) is 4.05. The van der Waals surface area contributed by atoms with Crippen LogP contribution < -0.4 is 5.32 Å². The van der Waals surface area contributed by atoms with Crippen molar-refractivity contribution in [3.63, 3.8) is 0 Å². The van der Waals surface area contributed by atoms with Crippen LogP contribution in [0.3, 0.4) is 0 Å². The Morgan fingerprint density at radius 2 is 1.88 bits per heavy atom. The molecule has 4 rings (SSSR count). The van der Waals surface area contributed by atoms with Crippen LogP contribution in [0.15, 0.2) is 54.0 Å². The van der Waals surface area contributed by atoms with Crippen LogP contribution in [0.4, 0.5) is 0 Å². The SMILES string of the molecule is O=C(NC1CCC(O)CC1)c1cn(-c2ccccc2)nc1-c1cccs1. The molecule has 6 heteroatoms. The molecule has 2 aromatic heterocycles. The first-order valence-electron chi connectivity index (χ1n) is 8.88. The number of aliphatic hydroxyl groups excluding tert-OH is 1. The standard InChI is InChI=1S/C20H21N3O2S/c24-16-10-8-14(9-11-16)21-20(25)17-13-23(15-5-2-1-3-6-15)22-19(17)18-7-4-12-26-18/h1-7,12-14,16,24H,8-11H2,(H,21,25). The van der Waals surface area contributed by atoms with Gasteiger partial charge in [0.2, 0.25) is 0 Å². The first kappa shape index (κ1) is 17.0. The third kappa shape index (κ3) is 3.57. The lowest BCUT2D eigenvalue weighted by Gasteiger charge is -2.26. The van der Waals surface area contributed by atoms with Gasteiger partial charge in [-0.3, -0.25) is 4.79 Å². The third-order valence-electron chi connectivity index (χ3n) is 4.77. The Morgan fingerprint density at radius 3 is 2.58 bits per heavy atom. The van der Waals surface area contributed by atoms with Crippen LogP contribution in [0, 0.1) is 0 Å². The van der Waals surface area contributed by atoms with Crippen LogP contribution in [0.2, 0.25) is 0 Å². The van der Waals surface area contributed by atoms with Gasteiger partial charge in [0.05, 0.1) is 22.2 Å². The van der Waals surface area contributed by atoms with Crippen molar-refractivity contribution in [1.82, 2.24) is 15.1 Å². The molecule has 5 nitrogen and oxygen atoms in total. The van der Waals surface area contributed by atoms with Gasteiger partial charge in [0, 0.05) is 12.2 Å². The second-order valence-electron chi connectivity index (χ2n) is 6.63. The van der Waals surface area contributed by atoms with E-state index in [1.807, 2.05) is 47.8 Å². The number of hydrogen-bond donors (Lipinski definition) is 2. The van der Waals surface area contributed by atoms with Gasteiger partial charge >= 0.3 is 0 Å². The van der Waals surface area contributed by atoms with Crippen LogP contribution in [0.5, 0.6) is 0 Å². The van der Waals surface area contributed by atoms with Crippen LogP contribution in [-0.2, 0) is 0 Å². The average molecular weight is 367 g/mol. The molecule has 0 unspecified atom stereocenters. The number of carbonyl (C=O) groups is 1. The number of nitrogens with one attached hydrogen (secondary N) is 1. The summed E-state index contributed by atoms with van der Waals surface area (Å²) < 4.78 is 1.76. The van der Waals surface area contributed by atoms with E-state index in [1.54, 1.807) is 22.2 Å². The molecule has 2 N–H and O–H groups in total. The van der Waals surface area contributed by atoms with E-state index in [1.165, 1.54) is 0 Å². The number of nitrogens with zero attached hydrogens (tertiary/aromatic N) is 2. The molecular formula is C20H21N3O2S. The molecule has 1 aliphatic rings. The Bertz CT molecular complexity index is 866. The maximum atomic E-state index is 12.9. The van der Waals surface area contributed by atoms with E-state index in [4.69, 9.17) is 0 Å². The van der Waals surface area contributed by atoms with Gasteiger partial charge in [0.15, 0.2) is 0 Å². The van der Waals surface area contributed by atoms with Crippen molar-refractivity contribution < 1.29 is 9.90 Å². The molecule has 0 radical (unpaired) electrons. The Labute approximate surface area is 156 Å². The Hall–Kier alpha value is -2.44. The quantitative estimate of drug-likeness (QED) is 0.740. The molecule has 1 saturated carbocycles. The number of hydrogen-bond acceptors (Lipinski definition) is 4. The molecule has 1 aromatic carbocycles. The predicted octanol–water partition coefficient (Wildman–Crippen LogP) is 3.63. The molecule has 2 heterocycles. The number of aliphatic hydroxyl groups is 1. The third-order valence-corrected chi connectivity index (χ3v) is 5.64. The summed E-state index contributed by atoms with van der Waals surface area (Å²) in [5.41, 5.74) is 2.21. The fourth-order valence-electron chi connectivity index (χ4n) is 3.33. The summed E-state index contributed by atoms with van der Waals surface area (Å²) in [6.07, 6.45) is 4.68. The number of rotatable bonds is 4. The van der Waals surface area contributed by atoms with E-state index in [0.29, 0.717) is 11.3 Å². The Morgan fingerprint density at radius 1 is 1.12 bits per heavy atom. The van der Waals surface area contributed by atoms with Crippen molar-refractivity contribution in [2.75, 3.05) is 0 Å². The molecule has 0 spiro atoms. The molecule has 1 fully saturated rings. The predicted molar refractivity (Wildman–Crippen MR) is 103 cm³/mol. The zero-order valence-electron chi connectivity index (χ0n) is 14.3. The highest BCUT2D eigenvalue weighted by Crippen LogP contribution is 2.28. The highest BCUT2D eigenvalue weighted by atomic mass is 32.1. The number of amides is 1.